The highest BCUT2D eigenvalue weighted by atomic mass is 16.5. The van der Waals surface area contributed by atoms with Crippen LogP contribution in [-0.4, -0.2) is 55.9 Å². The Labute approximate surface area is 126 Å². The zero-order chi connectivity index (χ0) is 15.5. The van der Waals surface area contributed by atoms with Crippen molar-refractivity contribution in [3.8, 4) is 5.75 Å². The Hall–Kier alpha value is -1.59. The molecule has 0 heterocycles. The molecule has 0 spiro atoms. The van der Waals surface area contributed by atoms with E-state index in [0.717, 1.165) is 5.75 Å². The van der Waals surface area contributed by atoms with Gasteiger partial charge in [0.2, 0.25) is 5.91 Å². The Balaban J connectivity index is 2.26. The SMILES string of the molecule is COCCN(CCO)C(=O)CCCOc1ccc(C)cc1. The van der Waals surface area contributed by atoms with Gasteiger partial charge < -0.3 is 19.5 Å². The largest absolute Gasteiger partial charge is 0.494 e. The van der Waals surface area contributed by atoms with Crippen molar-refractivity contribution in [1.29, 1.82) is 0 Å². The molecule has 1 rings (SSSR count). The molecule has 5 heteroatoms. The maximum absolute atomic E-state index is 12.0. The third-order valence-corrected chi connectivity index (χ3v) is 3.11. The van der Waals surface area contributed by atoms with Gasteiger partial charge in [-0.1, -0.05) is 17.7 Å². The van der Waals surface area contributed by atoms with E-state index in [2.05, 4.69) is 0 Å². The molecule has 0 aliphatic carbocycles. The van der Waals surface area contributed by atoms with E-state index >= 15 is 0 Å². The van der Waals surface area contributed by atoms with Crippen LogP contribution in [0, 0.1) is 6.92 Å². The monoisotopic (exact) mass is 295 g/mol. The lowest BCUT2D eigenvalue weighted by atomic mass is 10.2. The first-order chi connectivity index (χ1) is 10.2. The second-order valence-electron chi connectivity index (χ2n) is 4.86. The number of benzene rings is 1. The third kappa shape index (κ3) is 7.11. The summed E-state index contributed by atoms with van der Waals surface area (Å²) in [7, 11) is 1.59. The summed E-state index contributed by atoms with van der Waals surface area (Å²) in [5.41, 5.74) is 1.19. The standard InChI is InChI=1S/C16H25NO4/c1-14-5-7-15(8-6-14)21-12-3-4-16(19)17(9-11-18)10-13-20-2/h5-8,18H,3-4,9-13H2,1-2H3. The maximum atomic E-state index is 12.0. The van der Waals surface area contributed by atoms with E-state index in [9.17, 15) is 4.79 Å². The average Bonchev–Trinajstić information content (AvgIpc) is 2.49. The highest BCUT2D eigenvalue weighted by molar-refractivity contribution is 5.76. The fourth-order valence-electron chi connectivity index (χ4n) is 1.89. The number of rotatable bonds is 10. The number of aliphatic hydroxyl groups excluding tert-OH is 1. The molecule has 1 N–H and O–H groups in total. The van der Waals surface area contributed by atoms with E-state index in [4.69, 9.17) is 14.6 Å². The Morgan fingerprint density at radius 3 is 2.52 bits per heavy atom. The molecule has 21 heavy (non-hydrogen) atoms. The summed E-state index contributed by atoms with van der Waals surface area (Å²) >= 11 is 0. The van der Waals surface area contributed by atoms with Gasteiger partial charge in [0.05, 0.1) is 19.8 Å². The number of nitrogens with zero attached hydrogens (tertiary/aromatic N) is 1. The van der Waals surface area contributed by atoms with Crippen LogP contribution in [0.1, 0.15) is 18.4 Å². The summed E-state index contributed by atoms with van der Waals surface area (Å²) < 4.78 is 10.5. The van der Waals surface area contributed by atoms with E-state index in [1.165, 1.54) is 5.56 Å². The lowest BCUT2D eigenvalue weighted by molar-refractivity contribution is -0.132. The molecule has 0 aromatic heterocycles. The summed E-state index contributed by atoms with van der Waals surface area (Å²) in [6.45, 7) is 3.83. The van der Waals surface area contributed by atoms with Crippen LogP contribution in [0.5, 0.6) is 5.75 Å². The first kappa shape index (κ1) is 17.5. The minimum Gasteiger partial charge on any atom is -0.494 e. The molecule has 0 radical (unpaired) electrons. The van der Waals surface area contributed by atoms with Crippen LogP contribution in [0.4, 0.5) is 0 Å². The molecule has 1 amide bonds. The predicted octanol–water partition coefficient (Wildman–Crippen LogP) is 1.62. The molecular formula is C16H25NO4. The normalized spacial score (nSPS) is 10.4. The van der Waals surface area contributed by atoms with Crippen molar-refractivity contribution < 1.29 is 19.4 Å². The van der Waals surface area contributed by atoms with Crippen LogP contribution in [0.2, 0.25) is 0 Å². The molecule has 0 aliphatic rings. The molecule has 0 saturated carbocycles. The van der Waals surface area contributed by atoms with E-state index in [1.807, 2.05) is 31.2 Å². The maximum Gasteiger partial charge on any atom is 0.222 e. The summed E-state index contributed by atoms with van der Waals surface area (Å²) in [6, 6.07) is 7.84. The average molecular weight is 295 g/mol. The smallest absolute Gasteiger partial charge is 0.222 e. The minimum atomic E-state index is -0.0324. The van der Waals surface area contributed by atoms with E-state index in [1.54, 1.807) is 12.0 Å². The Morgan fingerprint density at radius 1 is 1.19 bits per heavy atom. The quantitative estimate of drug-likeness (QED) is 0.666. The van der Waals surface area contributed by atoms with Gasteiger partial charge in [0, 0.05) is 26.6 Å². The molecule has 0 saturated heterocycles. The first-order valence-electron chi connectivity index (χ1n) is 7.24. The number of amides is 1. The van der Waals surface area contributed by atoms with Crippen molar-refractivity contribution in [2.24, 2.45) is 0 Å². The number of hydrogen-bond acceptors (Lipinski definition) is 4. The van der Waals surface area contributed by atoms with Crippen molar-refractivity contribution in [1.82, 2.24) is 4.90 Å². The van der Waals surface area contributed by atoms with Crippen LogP contribution >= 0.6 is 0 Å². The number of carbonyl (C=O) groups is 1. The summed E-state index contributed by atoms with van der Waals surface area (Å²) in [5, 5.41) is 8.97. The third-order valence-electron chi connectivity index (χ3n) is 3.11. The molecule has 0 atom stereocenters. The van der Waals surface area contributed by atoms with Crippen LogP contribution in [-0.2, 0) is 9.53 Å². The fourth-order valence-corrected chi connectivity index (χ4v) is 1.89. The van der Waals surface area contributed by atoms with Crippen LogP contribution in [0.15, 0.2) is 24.3 Å². The van der Waals surface area contributed by atoms with Gasteiger partial charge in [-0.2, -0.15) is 0 Å². The lowest BCUT2D eigenvalue weighted by Gasteiger charge is -2.21. The number of carbonyl (C=O) groups excluding carboxylic acids is 1. The topological polar surface area (TPSA) is 59.0 Å². The van der Waals surface area contributed by atoms with Gasteiger partial charge in [0.25, 0.3) is 0 Å². The van der Waals surface area contributed by atoms with Crippen molar-refractivity contribution in [2.75, 3.05) is 40.0 Å². The zero-order valence-corrected chi connectivity index (χ0v) is 12.9. The Bertz CT molecular complexity index is 405. The Morgan fingerprint density at radius 2 is 1.90 bits per heavy atom. The van der Waals surface area contributed by atoms with Crippen LogP contribution in [0.25, 0.3) is 0 Å². The number of methoxy groups -OCH3 is 1. The van der Waals surface area contributed by atoms with Crippen LogP contribution in [0.3, 0.4) is 0 Å². The van der Waals surface area contributed by atoms with Crippen LogP contribution < -0.4 is 4.74 Å². The van der Waals surface area contributed by atoms with Crippen molar-refractivity contribution in [2.45, 2.75) is 19.8 Å². The van der Waals surface area contributed by atoms with Gasteiger partial charge in [-0.15, -0.1) is 0 Å². The number of aryl methyl sites for hydroxylation is 1. The molecular weight excluding hydrogens is 270 g/mol. The van der Waals surface area contributed by atoms with E-state index in [0.29, 0.717) is 39.1 Å². The Kier molecular flexibility index (Phi) is 8.47. The first-order valence-corrected chi connectivity index (χ1v) is 7.24. The van der Waals surface area contributed by atoms with Gasteiger partial charge in [0.1, 0.15) is 5.75 Å². The minimum absolute atomic E-state index is 0.0219. The van der Waals surface area contributed by atoms with Crippen molar-refractivity contribution in [3.05, 3.63) is 29.8 Å². The number of hydrogen-bond donors (Lipinski definition) is 1. The summed E-state index contributed by atoms with van der Waals surface area (Å²) in [6.07, 6.45) is 1.07. The highest BCUT2D eigenvalue weighted by Crippen LogP contribution is 2.12. The number of ether oxygens (including phenoxy) is 2. The van der Waals surface area contributed by atoms with Crippen molar-refractivity contribution in [3.63, 3.8) is 0 Å². The second-order valence-corrected chi connectivity index (χ2v) is 4.86. The van der Waals surface area contributed by atoms with E-state index in [-0.39, 0.29) is 12.5 Å². The summed E-state index contributed by atoms with van der Waals surface area (Å²) in [4.78, 5) is 13.6. The van der Waals surface area contributed by atoms with Gasteiger partial charge >= 0.3 is 0 Å². The number of aliphatic hydroxyl groups is 1. The molecule has 5 nitrogen and oxygen atoms in total. The zero-order valence-electron chi connectivity index (χ0n) is 12.9. The molecule has 0 bridgehead atoms. The summed E-state index contributed by atoms with van der Waals surface area (Å²) in [5.74, 6) is 0.841. The lowest BCUT2D eigenvalue weighted by Crippen LogP contribution is -2.36. The molecule has 0 aliphatic heterocycles. The molecule has 0 fully saturated rings. The van der Waals surface area contributed by atoms with Gasteiger partial charge in [-0.05, 0) is 25.5 Å². The molecule has 118 valence electrons. The van der Waals surface area contributed by atoms with E-state index < -0.39 is 0 Å². The highest BCUT2D eigenvalue weighted by Gasteiger charge is 2.12. The molecule has 1 aromatic carbocycles. The van der Waals surface area contributed by atoms with Gasteiger partial charge in [-0.25, -0.2) is 0 Å². The van der Waals surface area contributed by atoms with Crippen molar-refractivity contribution >= 4 is 5.91 Å². The van der Waals surface area contributed by atoms with Gasteiger partial charge in [0.15, 0.2) is 0 Å². The fraction of sp³-hybridized carbons (Fsp3) is 0.562. The molecule has 0 unspecified atom stereocenters. The molecule has 1 aromatic rings. The second kappa shape index (κ2) is 10.2. The van der Waals surface area contributed by atoms with Gasteiger partial charge in [-0.3, -0.25) is 4.79 Å². The predicted molar refractivity (Wildman–Crippen MR) is 81.4 cm³/mol.